The van der Waals surface area contributed by atoms with Gasteiger partial charge in [-0.05, 0) is 24.6 Å². The number of hydrogen-bond donors (Lipinski definition) is 2. The standard InChI is InChI=1S/C13H13ClN2O4S/c1-8-7-9-3-2-4-10(12(9)16-13(8)14)21(19,20)15-6-5-11(17)18/h2-4,7,15H,5-6H2,1H3,(H,17,18). The molecule has 8 heteroatoms. The quantitative estimate of drug-likeness (QED) is 0.818. The van der Waals surface area contributed by atoms with Crippen LogP contribution >= 0.6 is 11.6 Å². The van der Waals surface area contributed by atoms with Crippen LogP contribution in [0.5, 0.6) is 0 Å². The predicted molar refractivity (Wildman–Crippen MR) is 78.9 cm³/mol. The third-order valence-corrected chi connectivity index (χ3v) is 4.73. The molecular formula is C13H13ClN2O4S. The molecule has 0 amide bonds. The van der Waals surface area contributed by atoms with Crippen molar-refractivity contribution < 1.29 is 18.3 Å². The zero-order valence-electron chi connectivity index (χ0n) is 11.1. The highest BCUT2D eigenvalue weighted by Gasteiger charge is 2.19. The normalized spacial score (nSPS) is 11.7. The highest BCUT2D eigenvalue weighted by Crippen LogP contribution is 2.25. The third-order valence-electron chi connectivity index (χ3n) is 2.86. The molecule has 0 aliphatic carbocycles. The second-order valence-corrected chi connectivity index (χ2v) is 6.56. The Balaban J connectivity index is 2.46. The number of benzene rings is 1. The van der Waals surface area contributed by atoms with E-state index >= 15 is 0 Å². The van der Waals surface area contributed by atoms with Gasteiger partial charge in [0.2, 0.25) is 10.0 Å². The molecule has 0 aliphatic heterocycles. The highest BCUT2D eigenvalue weighted by molar-refractivity contribution is 7.89. The fraction of sp³-hybridized carbons (Fsp3) is 0.231. The molecule has 0 fully saturated rings. The lowest BCUT2D eigenvalue weighted by atomic mass is 10.2. The highest BCUT2D eigenvalue weighted by atomic mass is 35.5. The molecule has 0 saturated carbocycles. The number of carboxylic acids is 1. The van der Waals surface area contributed by atoms with Gasteiger partial charge in [0.15, 0.2) is 0 Å². The van der Waals surface area contributed by atoms with E-state index in [-0.39, 0.29) is 28.5 Å². The number of sulfonamides is 1. The van der Waals surface area contributed by atoms with Gasteiger partial charge in [-0.25, -0.2) is 18.1 Å². The predicted octanol–water partition coefficient (Wildman–Crippen LogP) is 1.95. The molecule has 2 aromatic rings. The van der Waals surface area contributed by atoms with E-state index in [2.05, 4.69) is 9.71 Å². The first kappa shape index (κ1) is 15.7. The lowest BCUT2D eigenvalue weighted by Gasteiger charge is -2.09. The summed E-state index contributed by atoms with van der Waals surface area (Å²) in [6, 6.07) is 6.50. The molecule has 0 atom stereocenters. The van der Waals surface area contributed by atoms with E-state index in [1.807, 2.05) is 0 Å². The maximum absolute atomic E-state index is 12.2. The van der Waals surface area contributed by atoms with Crippen LogP contribution in [0.25, 0.3) is 10.9 Å². The summed E-state index contributed by atoms with van der Waals surface area (Å²) in [4.78, 5) is 14.5. The smallest absolute Gasteiger partial charge is 0.304 e. The molecule has 0 radical (unpaired) electrons. The number of pyridine rings is 1. The van der Waals surface area contributed by atoms with Gasteiger partial charge in [-0.1, -0.05) is 23.7 Å². The Morgan fingerprint density at radius 1 is 1.43 bits per heavy atom. The van der Waals surface area contributed by atoms with Gasteiger partial charge in [-0.15, -0.1) is 0 Å². The number of fused-ring (bicyclic) bond motifs is 1. The van der Waals surface area contributed by atoms with Gasteiger partial charge in [0.05, 0.1) is 11.9 Å². The van der Waals surface area contributed by atoms with E-state index in [1.54, 1.807) is 25.1 Å². The van der Waals surface area contributed by atoms with E-state index in [0.717, 1.165) is 5.56 Å². The number of aromatic nitrogens is 1. The molecule has 2 N–H and O–H groups in total. The second-order valence-electron chi connectivity index (χ2n) is 4.47. The van der Waals surface area contributed by atoms with Gasteiger partial charge in [0.1, 0.15) is 10.0 Å². The molecule has 112 valence electrons. The minimum atomic E-state index is -3.85. The van der Waals surface area contributed by atoms with Crippen LogP contribution in [-0.2, 0) is 14.8 Å². The van der Waals surface area contributed by atoms with E-state index in [4.69, 9.17) is 16.7 Å². The Kier molecular flexibility index (Phi) is 4.46. The van der Waals surface area contributed by atoms with Crippen LogP contribution in [0.1, 0.15) is 12.0 Å². The van der Waals surface area contributed by atoms with Crippen LogP contribution < -0.4 is 4.72 Å². The molecule has 0 spiro atoms. The van der Waals surface area contributed by atoms with Crippen molar-refractivity contribution in [2.75, 3.05) is 6.54 Å². The Morgan fingerprint density at radius 3 is 2.81 bits per heavy atom. The summed E-state index contributed by atoms with van der Waals surface area (Å²) in [5, 5.41) is 9.44. The maximum atomic E-state index is 12.2. The molecule has 1 aromatic carbocycles. The number of carboxylic acid groups (broad SMARTS) is 1. The average Bonchev–Trinajstić information content (AvgIpc) is 2.38. The third kappa shape index (κ3) is 3.49. The summed E-state index contributed by atoms with van der Waals surface area (Å²) in [6.07, 6.45) is -0.294. The van der Waals surface area contributed by atoms with Crippen LogP contribution in [0.4, 0.5) is 0 Å². The zero-order chi connectivity index (χ0) is 15.6. The van der Waals surface area contributed by atoms with Crippen LogP contribution in [-0.4, -0.2) is 31.0 Å². The largest absolute Gasteiger partial charge is 0.481 e. The van der Waals surface area contributed by atoms with Crippen molar-refractivity contribution in [3.8, 4) is 0 Å². The van der Waals surface area contributed by atoms with E-state index < -0.39 is 16.0 Å². The Labute approximate surface area is 126 Å². The number of rotatable bonds is 5. The summed E-state index contributed by atoms with van der Waals surface area (Å²) in [7, 11) is -3.85. The molecule has 21 heavy (non-hydrogen) atoms. The first-order chi connectivity index (χ1) is 9.81. The van der Waals surface area contributed by atoms with Gasteiger partial charge in [0, 0.05) is 11.9 Å². The Morgan fingerprint density at radius 2 is 2.14 bits per heavy atom. The SMILES string of the molecule is Cc1cc2cccc(S(=O)(=O)NCCC(=O)O)c2nc1Cl. The van der Waals surface area contributed by atoms with Crippen LogP contribution in [0, 0.1) is 6.92 Å². The molecule has 1 aromatic heterocycles. The van der Waals surface area contributed by atoms with Gasteiger partial charge < -0.3 is 5.11 Å². The summed E-state index contributed by atoms with van der Waals surface area (Å²) in [6.45, 7) is 1.59. The van der Waals surface area contributed by atoms with Gasteiger partial charge in [-0.2, -0.15) is 0 Å². The maximum Gasteiger partial charge on any atom is 0.304 e. The Hall–Kier alpha value is -1.70. The number of para-hydroxylation sites is 1. The minimum Gasteiger partial charge on any atom is -0.481 e. The number of carbonyl (C=O) groups is 1. The van der Waals surface area contributed by atoms with Crippen molar-refractivity contribution in [2.45, 2.75) is 18.2 Å². The first-order valence-corrected chi connectivity index (χ1v) is 7.95. The van der Waals surface area contributed by atoms with E-state index in [1.165, 1.54) is 6.07 Å². The molecule has 0 bridgehead atoms. The lowest BCUT2D eigenvalue weighted by molar-refractivity contribution is -0.136. The first-order valence-electron chi connectivity index (χ1n) is 6.08. The number of aryl methyl sites for hydroxylation is 1. The fourth-order valence-electron chi connectivity index (χ4n) is 1.84. The van der Waals surface area contributed by atoms with Crippen LogP contribution in [0.3, 0.4) is 0 Å². The molecule has 6 nitrogen and oxygen atoms in total. The molecular weight excluding hydrogens is 316 g/mol. The summed E-state index contributed by atoms with van der Waals surface area (Å²) < 4.78 is 26.7. The number of nitrogens with one attached hydrogen (secondary N) is 1. The number of halogens is 1. The molecule has 0 aliphatic rings. The minimum absolute atomic E-state index is 0.0210. The van der Waals surface area contributed by atoms with Crippen LogP contribution in [0.2, 0.25) is 5.15 Å². The van der Waals surface area contributed by atoms with Gasteiger partial charge in [-0.3, -0.25) is 4.79 Å². The van der Waals surface area contributed by atoms with Crippen molar-refractivity contribution in [3.05, 3.63) is 35.0 Å². The molecule has 0 unspecified atom stereocenters. The van der Waals surface area contributed by atoms with E-state index in [0.29, 0.717) is 5.39 Å². The average molecular weight is 329 g/mol. The second kappa shape index (κ2) is 5.97. The Bertz CT molecular complexity index is 805. The van der Waals surface area contributed by atoms with Crippen molar-refractivity contribution in [2.24, 2.45) is 0 Å². The summed E-state index contributed by atoms with van der Waals surface area (Å²) in [5.41, 5.74) is 1.01. The monoisotopic (exact) mass is 328 g/mol. The molecule has 0 saturated heterocycles. The number of nitrogens with zero attached hydrogens (tertiary/aromatic N) is 1. The fourth-order valence-corrected chi connectivity index (χ4v) is 3.18. The van der Waals surface area contributed by atoms with Crippen LogP contribution in [0.15, 0.2) is 29.2 Å². The van der Waals surface area contributed by atoms with Gasteiger partial charge in [0.25, 0.3) is 0 Å². The topological polar surface area (TPSA) is 96.4 Å². The van der Waals surface area contributed by atoms with Gasteiger partial charge >= 0.3 is 5.97 Å². The zero-order valence-corrected chi connectivity index (χ0v) is 12.7. The van der Waals surface area contributed by atoms with Crippen molar-refractivity contribution >= 4 is 38.5 Å². The number of aliphatic carboxylic acids is 1. The summed E-state index contributed by atoms with van der Waals surface area (Å²) >= 11 is 5.95. The van der Waals surface area contributed by atoms with Crippen molar-refractivity contribution in [3.63, 3.8) is 0 Å². The number of hydrogen-bond acceptors (Lipinski definition) is 4. The summed E-state index contributed by atoms with van der Waals surface area (Å²) in [5.74, 6) is -1.08. The van der Waals surface area contributed by atoms with Crippen molar-refractivity contribution in [1.29, 1.82) is 0 Å². The van der Waals surface area contributed by atoms with Crippen molar-refractivity contribution in [1.82, 2.24) is 9.71 Å². The van der Waals surface area contributed by atoms with E-state index in [9.17, 15) is 13.2 Å². The lowest BCUT2D eigenvalue weighted by Crippen LogP contribution is -2.26. The molecule has 1 heterocycles. The molecule has 2 rings (SSSR count).